The molecule has 0 radical (unpaired) electrons. The number of hydrogen-bond acceptors (Lipinski definition) is 5. The Bertz CT molecular complexity index is 942. The topological polar surface area (TPSA) is 59.5 Å². The quantitative estimate of drug-likeness (QED) is 0.561. The number of ether oxygens (including phenoxy) is 1. The Morgan fingerprint density at radius 2 is 1.82 bits per heavy atom. The van der Waals surface area contributed by atoms with Gasteiger partial charge >= 0.3 is 5.97 Å². The Balaban J connectivity index is 1.57. The molecule has 144 valence electrons. The fraction of sp³-hybridized carbons (Fsp3) is 0.190. The van der Waals surface area contributed by atoms with E-state index < -0.39 is 5.97 Å². The van der Waals surface area contributed by atoms with Crippen LogP contribution in [0.25, 0.3) is 10.6 Å². The molecule has 0 spiro atoms. The molecule has 0 unspecified atom stereocenters. The van der Waals surface area contributed by atoms with E-state index in [1.54, 1.807) is 22.4 Å². The second kappa shape index (κ2) is 9.23. The molecular weight excluding hydrogens is 379 g/mol. The monoisotopic (exact) mass is 398 g/mol. The van der Waals surface area contributed by atoms with Crippen molar-refractivity contribution in [3.05, 3.63) is 77.1 Å². The van der Waals surface area contributed by atoms with E-state index in [1.807, 2.05) is 37.3 Å². The lowest BCUT2D eigenvalue weighted by molar-refractivity contribution is -0.134. The van der Waals surface area contributed by atoms with Crippen molar-refractivity contribution in [1.29, 1.82) is 0 Å². The van der Waals surface area contributed by atoms with Gasteiger partial charge in [-0.1, -0.05) is 30.3 Å². The molecule has 1 aromatic heterocycles. The first-order valence-corrected chi connectivity index (χ1v) is 9.65. The van der Waals surface area contributed by atoms with Crippen molar-refractivity contribution >= 4 is 23.2 Å². The van der Waals surface area contributed by atoms with E-state index in [9.17, 15) is 14.0 Å². The maximum absolute atomic E-state index is 13.0. The Morgan fingerprint density at radius 1 is 1.11 bits per heavy atom. The molecule has 0 fully saturated rings. The largest absolute Gasteiger partial charge is 0.451 e. The van der Waals surface area contributed by atoms with Crippen LogP contribution < -0.4 is 0 Å². The molecule has 2 aromatic carbocycles. The minimum atomic E-state index is -0.659. The summed E-state index contributed by atoms with van der Waals surface area (Å²) in [7, 11) is 0. The van der Waals surface area contributed by atoms with Gasteiger partial charge in [0.1, 0.15) is 10.8 Å². The van der Waals surface area contributed by atoms with Gasteiger partial charge in [0.2, 0.25) is 0 Å². The van der Waals surface area contributed by atoms with Crippen LogP contribution in [0.2, 0.25) is 0 Å². The van der Waals surface area contributed by atoms with Crippen LogP contribution in [0.15, 0.2) is 60.0 Å². The molecule has 0 saturated carbocycles. The molecule has 0 atom stereocenters. The molecule has 3 rings (SSSR count). The number of hydrogen-bond donors (Lipinski definition) is 0. The molecule has 0 aliphatic carbocycles. The molecule has 0 saturated heterocycles. The summed E-state index contributed by atoms with van der Waals surface area (Å²) in [5, 5.41) is 2.14. The van der Waals surface area contributed by atoms with Gasteiger partial charge in [0.25, 0.3) is 5.91 Å². The molecule has 3 aromatic rings. The Morgan fingerprint density at radius 3 is 2.50 bits per heavy atom. The van der Waals surface area contributed by atoms with Gasteiger partial charge in [-0.05, 0) is 36.8 Å². The average molecular weight is 398 g/mol. The van der Waals surface area contributed by atoms with E-state index >= 15 is 0 Å². The highest BCUT2D eigenvalue weighted by Crippen LogP contribution is 2.24. The Hall–Kier alpha value is -3.06. The van der Waals surface area contributed by atoms with Gasteiger partial charge < -0.3 is 9.64 Å². The number of thiazole rings is 1. The van der Waals surface area contributed by atoms with Crippen molar-refractivity contribution in [2.24, 2.45) is 0 Å². The van der Waals surface area contributed by atoms with Gasteiger partial charge in [0, 0.05) is 24.0 Å². The van der Waals surface area contributed by atoms with Crippen LogP contribution >= 0.6 is 11.3 Å². The predicted octanol–water partition coefficient (Wildman–Crippen LogP) is 4.15. The maximum Gasteiger partial charge on any atom is 0.358 e. The zero-order valence-electron chi connectivity index (χ0n) is 15.3. The Labute approximate surface area is 166 Å². The SMILES string of the molecule is CCN(Cc1ccccc1)C(=O)COC(=O)c1csc(-c2ccc(F)cc2)n1. The first-order chi connectivity index (χ1) is 13.6. The van der Waals surface area contributed by atoms with Crippen molar-refractivity contribution in [1.82, 2.24) is 9.88 Å². The summed E-state index contributed by atoms with van der Waals surface area (Å²) in [6, 6.07) is 15.5. The third-order valence-electron chi connectivity index (χ3n) is 4.08. The summed E-state index contributed by atoms with van der Waals surface area (Å²) < 4.78 is 18.1. The van der Waals surface area contributed by atoms with Crippen LogP contribution in [0.3, 0.4) is 0 Å². The fourth-order valence-electron chi connectivity index (χ4n) is 2.57. The normalized spacial score (nSPS) is 10.5. The fourth-order valence-corrected chi connectivity index (χ4v) is 3.36. The lowest BCUT2D eigenvalue weighted by Crippen LogP contribution is -2.34. The Kier molecular flexibility index (Phi) is 6.49. The lowest BCUT2D eigenvalue weighted by atomic mass is 10.2. The number of amides is 1. The van der Waals surface area contributed by atoms with Crippen molar-refractivity contribution in [3.8, 4) is 10.6 Å². The van der Waals surface area contributed by atoms with E-state index in [0.717, 1.165) is 5.56 Å². The number of benzene rings is 2. The van der Waals surface area contributed by atoms with Gasteiger partial charge in [-0.15, -0.1) is 11.3 Å². The van der Waals surface area contributed by atoms with Crippen LogP contribution in [-0.2, 0) is 16.1 Å². The van der Waals surface area contributed by atoms with Gasteiger partial charge in [0.05, 0.1) is 0 Å². The number of esters is 1. The highest BCUT2D eigenvalue weighted by atomic mass is 32.1. The van der Waals surface area contributed by atoms with Crippen LogP contribution in [0, 0.1) is 5.82 Å². The number of likely N-dealkylation sites (N-methyl/N-ethyl adjacent to an activating group) is 1. The zero-order valence-corrected chi connectivity index (χ0v) is 16.1. The van der Waals surface area contributed by atoms with Crippen molar-refractivity contribution in [2.75, 3.05) is 13.2 Å². The number of nitrogens with zero attached hydrogens (tertiary/aromatic N) is 2. The predicted molar refractivity (Wildman–Crippen MR) is 105 cm³/mol. The van der Waals surface area contributed by atoms with E-state index in [1.165, 1.54) is 23.5 Å². The summed E-state index contributed by atoms with van der Waals surface area (Å²) >= 11 is 1.25. The smallest absolute Gasteiger partial charge is 0.358 e. The molecular formula is C21H19FN2O3S. The molecule has 1 amide bonds. The molecule has 0 N–H and O–H groups in total. The summed E-state index contributed by atoms with van der Waals surface area (Å²) in [5.74, 6) is -1.27. The zero-order chi connectivity index (χ0) is 19.9. The van der Waals surface area contributed by atoms with E-state index in [2.05, 4.69) is 4.98 Å². The molecule has 0 aliphatic heterocycles. The van der Waals surface area contributed by atoms with Gasteiger partial charge in [0.15, 0.2) is 12.3 Å². The summed E-state index contributed by atoms with van der Waals surface area (Å²) in [4.78, 5) is 30.4. The van der Waals surface area contributed by atoms with E-state index in [-0.39, 0.29) is 24.0 Å². The highest BCUT2D eigenvalue weighted by Gasteiger charge is 2.18. The summed E-state index contributed by atoms with van der Waals surface area (Å²) in [5.41, 5.74) is 1.84. The van der Waals surface area contributed by atoms with Crippen LogP contribution in [0.1, 0.15) is 23.0 Å². The van der Waals surface area contributed by atoms with E-state index in [4.69, 9.17) is 4.74 Å². The molecule has 0 bridgehead atoms. The van der Waals surface area contributed by atoms with Crippen LogP contribution in [0.4, 0.5) is 4.39 Å². The lowest BCUT2D eigenvalue weighted by Gasteiger charge is -2.20. The number of carbonyl (C=O) groups is 2. The van der Waals surface area contributed by atoms with Crippen molar-refractivity contribution in [2.45, 2.75) is 13.5 Å². The minimum absolute atomic E-state index is 0.128. The summed E-state index contributed by atoms with van der Waals surface area (Å²) in [6.45, 7) is 2.50. The molecule has 7 heteroatoms. The summed E-state index contributed by atoms with van der Waals surface area (Å²) in [6.07, 6.45) is 0. The van der Waals surface area contributed by atoms with E-state index in [0.29, 0.717) is 23.7 Å². The number of carbonyl (C=O) groups excluding carboxylic acids is 2. The van der Waals surface area contributed by atoms with Gasteiger partial charge in [-0.25, -0.2) is 14.2 Å². The molecule has 5 nitrogen and oxygen atoms in total. The number of halogens is 1. The molecule has 1 heterocycles. The van der Waals surface area contributed by atoms with Crippen LogP contribution in [-0.4, -0.2) is 34.9 Å². The number of rotatable bonds is 7. The first kappa shape index (κ1) is 19.7. The van der Waals surface area contributed by atoms with Crippen LogP contribution in [0.5, 0.6) is 0 Å². The number of aromatic nitrogens is 1. The first-order valence-electron chi connectivity index (χ1n) is 8.77. The van der Waals surface area contributed by atoms with Gasteiger partial charge in [-0.3, -0.25) is 4.79 Å². The molecule has 28 heavy (non-hydrogen) atoms. The third-order valence-corrected chi connectivity index (χ3v) is 4.97. The standard InChI is InChI=1S/C21H19FN2O3S/c1-2-24(12-15-6-4-3-5-7-15)19(25)13-27-21(26)18-14-28-20(23-18)16-8-10-17(22)11-9-16/h3-11,14H,2,12-13H2,1H3. The third kappa shape index (κ3) is 5.01. The second-order valence-electron chi connectivity index (χ2n) is 6.01. The van der Waals surface area contributed by atoms with Gasteiger partial charge in [-0.2, -0.15) is 0 Å². The van der Waals surface area contributed by atoms with Crippen molar-refractivity contribution in [3.63, 3.8) is 0 Å². The average Bonchev–Trinajstić information content (AvgIpc) is 3.21. The maximum atomic E-state index is 13.0. The highest BCUT2D eigenvalue weighted by molar-refractivity contribution is 7.13. The molecule has 0 aliphatic rings. The second-order valence-corrected chi connectivity index (χ2v) is 6.87. The van der Waals surface area contributed by atoms with Crippen molar-refractivity contribution < 1.29 is 18.7 Å². The minimum Gasteiger partial charge on any atom is -0.451 e.